The molecule has 0 spiro atoms. The molecule has 1 aromatic rings. The van der Waals surface area contributed by atoms with E-state index < -0.39 is 6.10 Å². The van der Waals surface area contributed by atoms with Gasteiger partial charge >= 0.3 is 0 Å². The van der Waals surface area contributed by atoms with Crippen molar-refractivity contribution in [2.45, 2.75) is 51.2 Å². The lowest BCUT2D eigenvalue weighted by Crippen LogP contribution is -2.54. The van der Waals surface area contributed by atoms with Crippen LogP contribution in [0.25, 0.3) is 0 Å². The van der Waals surface area contributed by atoms with Gasteiger partial charge in [-0.1, -0.05) is 22.4 Å². The van der Waals surface area contributed by atoms with Crippen LogP contribution in [0, 0.1) is 5.82 Å². The molecule has 1 aliphatic heterocycles. The lowest BCUT2D eigenvalue weighted by atomic mass is 9.88. The number of aliphatic hydroxyl groups excluding tert-OH is 1. The SMILES string of the molecule is CC(C)(C(O)Cc1cc(Br)ccc1F)N1CCCCC1. The Hall–Kier alpha value is -0.450. The summed E-state index contributed by atoms with van der Waals surface area (Å²) >= 11 is 3.35. The number of likely N-dealkylation sites (tertiary alicyclic amines) is 1. The second kappa shape index (κ2) is 6.54. The second-order valence-electron chi connectivity index (χ2n) is 6.16. The summed E-state index contributed by atoms with van der Waals surface area (Å²) in [5.74, 6) is -0.248. The molecule has 2 rings (SSSR count). The molecule has 0 saturated carbocycles. The molecule has 1 N–H and O–H groups in total. The molecular weight excluding hydrogens is 321 g/mol. The molecule has 0 bridgehead atoms. The molecule has 1 saturated heterocycles. The van der Waals surface area contributed by atoms with Crippen LogP contribution < -0.4 is 0 Å². The summed E-state index contributed by atoms with van der Waals surface area (Å²) < 4.78 is 14.7. The van der Waals surface area contributed by atoms with Gasteiger partial charge in [0.2, 0.25) is 0 Å². The minimum Gasteiger partial charge on any atom is -0.391 e. The number of benzene rings is 1. The number of halogens is 2. The average Bonchev–Trinajstić information content (AvgIpc) is 2.43. The molecule has 1 heterocycles. The van der Waals surface area contributed by atoms with E-state index in [0.717, 1.165) is 17.6 Å². The summed E-state index contributed by atoms with van der Waals surface area (Å²) in [5.41, 5.74) is 0.242. The molecule has 1 atom stereocenters. The first-order chi connectivity index (χ1) is 9.41. The molecule has 0 aliphatic carbocycles. The van der Waals surface area contributed by atoms with Crippen molar-refractivity contribution in [2.75, 3.05) is 13.1 Å². The number of piperidine rings is 1. The lowest BCUT2D eigenvalue weighted by molar-refractivity contribution is -0.0190. The Bertz CT molecular complexity index is 458. The van der Waals surface area contributed by atoms with E-state index in [1.54, 1.807) is 12.1 Å². The van der Waals surface area contributed by atoms with Gasteiger partial charge in [0.25, 0.3) is 0 Å². The van der Waals surface area contributed by atoms with Crippen LogP contribution in [0.4, 0.5) is 4.39 Å². The molecule has 1 unspecified atom stereocenters. The first-order valence-corrected chi connectivity index (χ1v) is 8.07. The average molecular weight is 344 g/mol. The molecule has 2 nitrogen and oxygen atoms in total. The van der Waals surface area contributed by atoms with Gasteiger partial charge in [0, 0.05) is 16.4 Å². The largest absolute Gasteiger partial charge is 0.391 e. The van der Waals surface area contributed by atoms with E-state index in [1.807, 2.05) is 0 Å². The van der Waals surface area contributed by atoms with Crippen molar-refractivity contribution in [1.82, 2.24) is 4.90 Å². The Morgan fingerprint density at radius 3 is 2.60 bits per heavy atom. The number of nitrogens with zero attached hydrogens (tertiary/aromatic N) is 1. The van der Waals surface area contributed by atoms with Crippen LogP contribution in [0.3, 0.4) is 0 Å². The molecule has 1 fully saturated rings. The highest BCUT2D eigenvalue weighted by Crippen LogP contribution is 2.27. The summed E-state index contributed by atoms with van der Waals surface area (Å²) in [6, 6.07) is 4.88. The third-order valence-electron chi connectivity index (χ3n) is 4.41. The van der Waals surface area contributed by atoms with Gasteiger partial charge in [0.15, 0.2) is 0 Å². The fourth-order valence-electron chi connectivity index (χ4n) is 2.84. The van der Waals surface area contributed by atoms with E-state index in [4.69, 9.17) is 0 Å². The minimum absolute atomic E-state index is 0.248. The van der Waals surface area contributed by atoms with Crippen LogP contribution in [-0.2, 0) is 6.42 Å². The van der Waals surface area contributed by atoms with Gasteiger partial charge in [0.05, 0.1) is 6.10 Å². The van der Waals surface area contributed by atoms with E-state index in [2.05, 4.69) is 34.7 Å². The number of hydrogen-bond acceptors (Lipinski definition) is 2. The molecule has 112 valence electrons. The maximum Gasteiger partial charge on any atom is 0.126 e. The van der Waals surface area contributed by atoms with Gasteiger partial charge < -0.3 is 5.11 Å². The molecule has 1 aliphatic rings. The van der Waals surface area contributed by atoms with Gasteiger partial charge in [-0.15, -0.1) is 0 Å². The van der Waals surface area contributed by atoms with Crippen LogP contribution in [0.15, 0.2) is 22.7 Å². The van der Waals surface area contributed by atoms with Crippen LogP contribution in [0.2, 0.25) is 0 Å². The zero-order chi connectivity index (χ0) is 14.8. The molecule has 1 aromatic carbocycles. The van der Waals surface area contributed by atoms with E-state index in [-0.39, 0.29) is 11.4 Å². The maximum absolute atomic E-state index is 13.8. The number of rotatable bonds is 4. The van der Waals surface area contributed by atoms with Gasteiger partial charge in [0.1, 0.15) is 5.82 Å². The highest BCUT2D eigenvalue weighted by molar-refractivity contribution is 9.10. The fourth-order valence-corrected chi connectivity index (χ4v) is 3.25. The van der Waals surface area contributed by atoms with Crippen molar-refractivity contribution in [2.24, 2.45) is 0 Å². The predicted octanol–water partition coefficient (Wildman–Crippen LogP) is 3.76. The van der Waals surface area contributed by atoms with Crippen LogP contribution in [0.1, 0.15) is 38.7 Å². The van der Waals surface area contributed by atoms with Gasteiger partial charge in [-0.2, -0.15) is 0 Å². The van der Waals surface area contributed by atoms with Gasteiger partial charge in [-0.3, -0.25) is 4.90 Å². The lowest BCUT2D eigenvalue weighted by Gasteiger charge is -2.44. The Morgan fingerprint density at radius 2 is 1.95 bits per heavy atom. The quantitative estimate of drug-likeness (QED) is 0.899. The monoisotopic (exact) mass is 343 g/mol. The fraction of sp³-hybridized carbons (Fsp3) is 0.625. The van der Waals surface area contributed by atoms with Gasteiger partial charge in [-0.05, 0) is 63.5 Å². The molecule has 4 heteroatoms. The summed E-state index contributed by atoms with van der Waals surface area (Å²) in [7, 11) is 0. The zero-order valence-electron chi connectivity index (χ0n) is 12.2. The van der Waals surface area contributed by atoms with E-state index in [0.29, 0.717) is 12.0 Å². The van der Waals surface area contributed by atoms with Crippen molar-refractivity contribution >= 4 is 15.9 Å². The van der Waals surface area contributed by atoms with Crippen LogP contribution >= 0.6 is 15.9 Å². The summed E-state index contributed by atoms with van der Waals surface area (Å²) in [5, 5.41) is 10.6. The molecule has 0 amide bonds. The first-order valence-electron chi connectivity index (χ1n) is 7.28. The summed E-state index contributed by atoms with van der Waals surface area (Å²) in [6.45, 7) is 6.15. The number of hydrogen-bond donors (Lipinski definition) is 1. The topological polar surface area (TPSA) is 23.5 Å². The number of aliphatic hydroxyl groups is 1. The molecule has 20 heavy (non-hydrogen) atoms. The van der Waals surface area contributed by atoms with Crippen LogP contribution in [0.5, 0.6) is 0 Å². The second-order valence-corrected chi connectivity index (χ2v) is 7.07. The van der Waals surface area contributed by atoms with Crippen LogP contribution in [-0.4, -0.2) is 34.7 Å². The maximum atomic E-state index is 13.8. The Balaban J connectivity index is 2.09. The smallest absolute Gasteiger partial charge is 0.126 e. The van der Waals surface area contributed by atoms with Crippen molar-refractivity contribution in [3.63, 3.8) is 0 Å². The molecular formula is C16H23BrFNO. The Morgan fingerprint density at radius 1 is 1.30 bits per heavy atom. The minimum atomic E-state index is -0.579. The standard InChI is InChI=1S/C16H23BrFNO/c1-16(2,19-8-4-3-5-9-19)15(20)11-12-10-13(17)6-7-14(12)18/h6-7,10,15,20H,3-5,8-9,11H2,1-2H3. The van der Waals surface area contributed by atoms with Crippen molar-refractivity contribution < 1.29 is 9.50 Å². The van der Waals surface area contributed by atoms with E-state index in [1.165, 1.54) is 25.3 Å². The molecule has 0 radical (unpaired) electrons. The Labute approximate surface area is 129 Å². The van der Waals surface area contributed by atoms with Gasteiger partial charge in [-0.25, -0.2) is 4.39 Å². The van der Waals surface area contributed by atoms with E-state index >= 15 is 0 Å². The predicted molar refractivity (Wildman–Crippen MR) is 83.3 cm³/mol. The first kappa shape index (κ1) is 15.9. The van der Waals surface area contributed by atoms with Crippen molar-refractivity contribution in [1.29, 1.82) is 0 Å². The summed E-state index contributed by atoms with van der Waals surface area (Å²) in [6.07, 6.45) is 3.39. The van der Waals surface area contributed by atoms with Crippen molar-refractivity contribution in [3.8, 4) is 0 Å². The van der Waals surface area contributed by atoms with E-state index in [9.17, 15) is 9.50 Å². The zero-order valence-corrected chi connectivity index (χ0v) is 13.8. The normalized spacial score (nSPS) is 19.1. The highest BCUT2D eigenvalue weighted by atomic mass is 79.9. The highest BCUT2D eigenvalue weighted by Gasteiger charge is 2.35. The third-order valence-corrected chi connectivity index (χ3v) is 4.90. The van der Waals surface area contributed by atoms with Crippen molar-refractivity contribution in [3.05, 3.63) is 34.1 Å². The molecule has 0 aromatic heterocycles. The Kier molecular flexibility index (Phi) is 5.21. The third kappa shape index (κ3) is 3.60. The summed E-state index contributed by atoms with van der Waals surface area (Å²) in [4.78, 5) is 2.33.